The Morgan fingerprint density at radius 3 is 2.40 bits per heavy atom. The number of carbonyl (C=O) groups is 1. The van der Waals surface area contributed by atoms with Crippen LogP contribution in [0.5, 0.6) is 0 Å². The average Bonchev–Trinajstić information content (AvgIpc) is 3.35. The summed E-state index contributed by atoms with van der Waals surface area (Å²) in [6, 6.07) is 9.62. The Bertz CT molecular complexity index is 1070. The van der Waals surface area contributed by atoms with E-state index >= 15 is 0 Å². The normalized spacial score (nSPS) is 29.3. The molecule has 154 valence electrons. The number of aromatic nitrogens is 3. The number of carbonyl (C=O) groups excluding carboxylic acids is 1. The summed E-state index contributed by atoms with van der Waals surface area (Å²) < 4.78 is 5.34. The van der Waals surface area contributed by atoms with E-state index in [1.54, 1.807) is 18.3 Å². The summed E-state index contributed by atoms with van der Waals surface area (Å²) in [6.45, 7) is 1.76. The van der Waals surface area contributed by atoms with Crippen LogP contribution in [0.15, 0.2) is 34.9 Å². The average molecular weight is 421 g/mol. The highest BCUT2D eigenvalue weighted by atomic mass is 32.1. The lowest BCUT2D eigenvalue weighted by molar-refractivity contribution is -0.00555. The van der Waals surface area contributed by atoms with Crippen LogP contribution in [0.3, 0.4) is 0 Å². The Hall–Kier alpha value is -2.54. The molecule has 0 aliphatic heterocycles. The number of hydrogen-bond acceptors (Lipinski definition) is 6. The first-order chi connectivity index (χ1) is 14.6. The molecule has 0 saturated heterocycles. The first-order valence-corrected chi connectivity index (χ1v) is 11.6. The lowest BCUT2D eigenvalue weighted by Crippen LogP contribution is -2.48. The molecule has 2 heterocycles. The van der Waals surface area contributed by atoms with E-state index in [0.717, 1.165) is 28.3 Å². The van der Waals surface area contributed by atoms with Crippen molar-refractivity contribution in [2.75, 3.05) is 5.32 Å². The van der Waals surface area contributed by atoms with Gasteiger partial charge in [0, 0.05) is 11.0 Å². The van der Waals surface area contributed by atoms with Gasteiger partial charge in [-0.1, -0.05) is 46.8 Å². The van der Waals surface area contributed by atoms with E-state index in [-0.39, 0.29) is 11.3 Å². The van der Waals surface area contributed by atoms with Crippen molar-refractivity contribution in [2.24, 2.45) is 17.8 Å². The maximum atomic E-state index is 13.1. The van der Waals surface area contributed by atoms with Gasteiger partial charge < -0.3 is 4.52 Å². The Morgan fingerprint density at radius 1 is 1.07 bits per heavy atom. The molecule has 4 fully saturated rings. The zero-order valence-corrected chi connectivity index (χ0v) is 17.7. The van der Waals surface area contributed by atoms with E-state index in [0.29, 0.717) is 22.1 Å². The molecule has 0 spiro atoms. The van der Waals surface area contributed by atoms with Crippen LogP contribution in [0.4, 0.5) is 5.13 Å². The van der Waals surface area contributed by atoms with Crippen molar-refractivity contribution in [1.29, 1.82) is 0 Å². The van der Waals surface area contributed by atoms with Crippen LogP contribution in [0, 0.1) is 24.7 Å². The highest BCUT2D eigenvalue weighted by molar-refractivity contribution is 7.15. The largest absolute Gasteiger partial charge is 0.360 e. The summed E-state index contributed by atoms with van der Waals surface area (Å²) in [6.07, 6.45) is 7.92. The summed E-state index contributed by atoms with van der Waals surface area (Å²) in [5, 5.41) is 17.6. The molecule has 0 unspecified atom stereocenters. The zero-order valence-electron chi connectivity index (χ0n) is 16.9. The molecular formula is C23H24N4O2S. The molecule has 1 amide bonds. The number of aryl methyl sites for hydroxylation is 1. The smallest absolute Gasteiger partial charge is 0.263 e. The number of nitrogens with zero attached hydrogens (tertiary/aromatic N) is 3. The van der Waals surface area contributed by atoms with Crippen molar-refractivity contribution < 1.29 is 9.32 Å². The summed E-state index contributed by atoms with van der Waals surface area (Å²) >= 11 is 1.55. The third-order valence-electron chi connectivity index (χ3n) is 7.27. The van der Waals surface area contributed by atoms with E-state index < -0.39 is 0 Å². The quantitative estimate of drug-likeness (QED) is 0.626. The van der Waals surface area contributed by atoms with Crippen LogP contribution in [0.2, 0.25) is 0 Å². The number of anilines is 1. The molecule has 4 saturated carbocycles. The van der Waals surface area contributed by atoms with Gasteiger partial charge >= 0.3 is 0 Å². The van der Waals surface area contributed by atoms with Crippen LogP contribution in [-0.4, -0.2) is 21.3 Å². The van der Waals surface area contributed by atoms with Crippen molar-refractivity contribution >= 4 is 22.4 Å². The Morgan fingerprint density at radius 2 is 1.73 bits per heavy atom. The van der Waals surface area contributed by atoms with Gasteiger partial charge in [-0.05, 0) is 63.2 Å². The maximum Gasteiger partial charge on any atom is 0.263 e. The molecule has 0 atom stereocenters. The van der Waals surface area contributed by atoms with Gasteiger partial charge in [0.25, 0.3) is 5.91 Å². The summed E-state index contributed by atoms with van der Waals surface area (Å²) in [7, 11) is 0. The van der Waals surface area contributed by atoms with Crippen LogP contribution in [0.1, 0.15) is 59.7 Å². The molecular weight excluding hydrogens is 396 g/mol. The molecule has 0 radical (unpaired) electrons. The molecule has 4 aliphatic carbocycles. The second kappa shape index (κ2) is 6.74. The first-order valence-electron chi connectivity index (χ1n) is 10.8. The van der Waals surface area contributed by atoms with Crippen molar-refractivity contribution in [3.8, 4) is 11.3 Å². The Kier molecular flexibility index (Phi) is 4.10. The zero-order chi connectivity index (χ0) is 20.3. The molecule has 2 aromatic heterocycles. The van der Waals surface area contributed by atoms with E-state index in [2.05, 4.69) is 20.7 Å². The van der Waals surface area contributed by atoms with E-state index in [1.165, 1.54) is 38.5 Å². The molecule has 1 N–H and O–H groups in total. The number of nitrogens with one attached hydrogen (secondary N) is 1. The molecule has 3 aromatic rings. The number of rotatable bonds is 4. The van der Waals surface area contributed by atoms with Crippen molar-refractivity contribution in [3.63, 3.8) is 0 Å². The fourth-order valence-electron chi connectivity index (χ4n) is 6.45. The third-order valence-corrected chi connectivity index (χ3v) is 8.36. The van der Waals surface area contributed by atoms with Gasteiger partial charge in [-0.25, -0.2) is 0 Å². The van der Waals surface area contributed by atoms with Gasteiger partial charge in [0.2, 0.25) is 5.13 Å². The minimum Gasteiger partial charge on any atom is -0.360 e. The van der Waals surface area contributed by atoms with Gasteiger partial charge in [0.05, 0.1) is 0 Å². The van der Waals surface area contributed by atoms with Gasteiger partial charge in [0.15, 0.2) is 0 Å². The summed E-state index contributed by atoms with van der Waals surface area (Å²) in [5.41, 5.74) is 2.05. The van der Waals surface area contributed by atoms with Gasteiger partial charge in [-0.2, -0.15) is 0 Å². The van der Waals surface area contributed by atoms with Crippen molar-refractivity contribution in [2.45, 2.75) is 50.9 Å². The third kappa shape index (κ3) is 2.90. The topological polar surface area (TPSA) is 80.9 Å². The summed E-state index contributed by atoms with van der Waals surface area (Å²) in [5.74, 6) is 2.81. The molecule has 4 bridgehead atoms. The minimum atomic E-state index is -0.249. The standard InChI is InChI=1S/C23H24N4O2S/c1-13-18(19(27-29-13)17-5-3-2-4-6-17)20(28)24-22-26-25-21(30-22)23-10-14-7-15(11-23)9-16(8-14)12-23/h2-6,14-16H,7-12H2,1H3,(H,24,26,28). The number of hydrogen-bond donors (Lipinski definition) is 1. The maximum absolute atomic E-state index is 13.1. The molecule has 30 heavy (non-hydrogen) atoms. The van der Waals surface area contributed by atoms with Gasteiger partial charge in [-0.3, -0.25) is 10.1 Å². The first kappa shape index (κ1) is 18.2. The highest BCUT2D eigenvalue weighted by Crippen LogP contribution is 2.61. The summed E-state index contributed by atoms with van der Waals surface area (Å²) in [4.78, 5) is 13.1. The monoisotopic (exact) mass is 420 g/mol. The SMILES string of the molecule is Cc1onc(-c2ccccc2)c1C(=O)Nc1nnc(C23CC4CC(CC(C4)C2)C3)s1. The molecule has 7 rings (SSSR count). The van der Waals surface area contributed by atoms with E-state index in [1.807, 2.05) is 30.3 Å². The molecule has 7 heteroatoms. The van der Waals surface area contributed by atoms with Crippen molar-refractivity contribution in [1.82, 2.24) is 15.4 Å². The van der Waals surface area contributed by atoms with Crippen LogP contribution in [0.25, 0.3) is 11.3 Å². The van der Waals surface area contributed by atoms with E-state index in [9.17, 15) is 4.79 Å². The van der Waals surface area contributed by atoms with Gasteiger partial charge in [0.1, 0.15) is 22.0 Å². The molecule has 4 aliphatic rings. The van der Waals surface area contributed by atoms with E-state index in [4.69, 9.17) is 4.52 Å². The van der Waals surface area contributed by atoms with Crippen LogP contribution < -0.4 is 5.32 Å². The second-order valence-electron chi connectivity index (χ2n) is 9.39. The Balaban J connectivity index is 1.26. The molecule has 1 aromatic carbocycles. The molecule has 6 nitrogen and oxygen atoms in total. The fourth-order valence-corrected chi connectivity index (χ4v) is 7.41. The minimum absolute atomic E-state index is 0.192. The number of benzene rings is 1. The highest BCUT2D eigenvalue weighted by Gasteiger charge is 2.53. The lowest BCUT2D eigenvalue weighted by Gasteiger charge is -2.55. The van der Waals surface area contributed by atoms with Gasteiger partial charge in [-0.15, -0.1) is 10.2 Å². The Labute approximate surface area is 179 Å². The second-order valence-corrected chi connectivity index (χ2v) is 10.4. The predicted octanol–water partition coefficient (Wildman–Crippen LogP) is 5.22. The van der Waals surface area contributed by atoms with Crippen LogP contribution >= 0.6 is 11.3 Å². The predicted molar refractivity (Wildman–Crippen MR) is 114 cm³/mol. The van der Waals surface area contributed by atoms with Crippen molar-refractivity contribution in [3.05, 3.63) is 46.7 Å². The number of amides is 1. The van der Waals surface area contributed by atoms with Crippen LogP contribution in [-0.2, 0) is 5.41 Å². The fraction of sp³-hybridized carbons (Fsp3) is 0.478. The lowest BCUT2D eigenvalue weighted by atomic mass is 9.50.